The smallest absolute Gasteiger partial charge is 0.372 e. The van der Waals surface area contributed by atoms with Gasteiger partial charge in [-0.2, -0.15) is 13.2 Å². The molecule has 2 N–H and O–H groups in total. The fraction of sp³-hybridized carbons (Fsp3) is 0.125. The molecule has 0 bridgehead atoms. The van der Waals surface area contributed by atoms with E-state index in [4.69, 9.17) is 0 Å². The Morgan fingerprint density at radius 1 is 0.903 bits per heavy atom. The first-order chi connectivity index (χ1) is 14.8. The Balaban J connectivity index is 1.77. The molecule has 156 valence electrons. The van der Waals surface area contributed by atoms with Crippen LogP contribution in [0.25, 0.3) is 10.9 Å². The Labute approximate surface area is 175 Å². The molecule has 3 aromatic carbocycles. The Morgan fingerprint density at radius 2 is 1.61 bits per heavy atom. The van der Waals surface area contributed by atoms with E-state index in [9.17, 15) is 23.1 Å². The molecule has 1 aromatic heterocycles. The average molecular weight is 422 g/mol. The number of fused-ring (bicyclic) bond motifs is 2. The summed E-state index contributed by atoms with van der Waals surface area (Å²) in [6, 6.07) is 19.3. The number of nitrogens with one attached hydrogen (secondary N) is 1. The number of aromatic nitrogens is 1. The van der Waals surface area contributed by atoms with Gasteiger partial charge in [0.05, 0.1) is 17.8 Å². The van der Waals surface area contributed by atoms with Gasteiger partial charge >= 0.3 is 6.18 Å². The van der Waals surface area contributed by atoms with Gasteiger partial charge in [-0.25, -0.2) is 0 Å². The maximum atomic E-state index is 13.9. The van der Waals surface area contributed by atoms with Crippen molar-refractivity contribution in [1.29, 1.82) is 0 Å². The average Bonchev–Trinajstić information content (AvgIpc) is 3.28. The number of carbonyl (C=O) groups is 1. The summed E-state index contributed by atoms with van der Waals surface area (Å²) in [5.74, 6) is -0.812. The largest absolute Gasteiger partial charge is 0.418 e. The fourth-order valence-corrected chi connectivity index (χ4v) is 4.32. The van der Waals surface area contributed by atoms with Crippen LogP contribution in [0, 0.1) is 0 Å². The van der Waals surface area contributed by atoms with Crippen LogP contribution in [0.1, 0.15) is 22.3 Å². The third-order valence-corrected chi connectivity index (χ3v) is 5.72. The molecule has 0 saturated carbocycles. The zero-order valence-electron chi connectivity index (χ0n) is 16.1. The van der Waals surface area contributed by atoms with Crippen LogP contribution in [0.15, 0.2) is 79.0 Å². The summed E-state index contributed by atoms with van der Waals surface area (Å²) in [7, 11) is 0. The molecule has 1 atom stereocenters. The van der Waals surface area contributed by atoms with Gasteiger partial charge in [0.15, 0.2) is 5.60 Å². The molecule has 0 unspecified atom stereocenters. The van der Waals surface area contributed by atoms with Gasteiger partial charge < -0.3 is 15.0 Å². The first-order valence-electron chi connectivity index (χ1n) is 9.67. The first kappa shape index (κ1) is 19.4. The van der Waals surface area contributed by atoms with Crippen molar-refractivity contribution in [3.8, 4) is 0 Å². The molecule has 4 aromatic rings. The molecule has 7 heteroatoms. The number of hydrogen-bond acceptors (Lipinski definition) is 2. The molecule has 0 fully saturated rings. The number of aromatic amines is 1. The number of anilines is 1. The lowest BCUT2D eigenvalue weighted by Crippen LogP contribution is -2.41. The Bertz CT molecular complexity index is 1300. The number of alkyl halides is 3. The van der Waals surface area contributed by atoms with E-state index < -0.39 is 23.2 Å². The Kier molecular flexibility index (Phi) is 4.20. The van der Waals surface area contributed by atoms with E-state index in [2.05, 4.69) is 4.98 Å². The molecule has 5 rings (SSSR count). The highest BCUT2D eigenvalue weighted by Crippen LogP contribution is 2.51. The third-order valence-electron chi connectivity index (χ3n) is 5.72. The lowest BCUT2D eigenvalue weighted by molar-refractivity contribution is -0.137. The van der Waals surface area contributed by atoms with Crippen LogP contribution >= 0.6 is 0 Å². The van der Waals surface area contributed by atoms with Crippen molar-refractivity contribution in [1.82, 2.24) is 4.98 Å². The Morgan fingerprint density at radius 3 is 2.35 bits per heavy atom. The number of H-pyrrole nitrogens is 1. The zero-order chi connectivity index (χ0) is 21.8. The predicted molar refractivity (Wildman–Crippen MR) is 110 cm³/mol. The second-order valence-electron chi connectivity index (χ2n) is 7.53. The van der Waals surface area contributed by atoms with Crippen LogP contribution in [-0.2, 0) is 23.1 Å². The second-order valence-corrected chi connectivity index (χ2v) is 7.53. The monoisotopic (exact) mass is 422 g/mol. The second kappa shape index (κ2) is 6.72. The summed E-state index contributed by atoms with van der Waals surface area (Å²) in [6.07, 6.45) is -3.20. The fourth-order valence-electron chi connectivity index (χ4n) is 4.32. The van der Waals surface area contributed by atoms with E-state index in [-0.39, 0.29) is 23.4 Å². The van der Waals surface area contributed by atoms with Crippen molar-refractivity contribution in [3.63, 3.8) is 0 Å². The standard InChI is InChI=1S/C24H17F3N2O2/c25-24(26,27)18-11-6-10-17-21(18)29(14-15-7-2-1-3-8-15)22(30)23(17,31)19-13-28-20-12-5-4-9-16(19)20/h1-13,28,31H,14H2/t23-/m1/s1. The van der Waals surface area contributed by atoms with Crippen LogP contribution in [0.2, 0.25) is 0 Å². The molecule has 4 nitrogen and oxygen atoms in total. The van der Waals surface area contributed by atoms with Crippen molar-refractivity contribution in [2.75, 3.05) is 4.90 Å². The molecule has 0 radical (unpaired) electrons. The highest BCUT2D eigenvalue weighted by molar-refractivity contribution is 6.11. The predicted octanol–water partition coefficient (Wildman–Crippen LogP) is 4.97. The number of amides is 1. The number of benzene rings is 3. The molecular weight excluding hydrogens is 405 g/mol. The molecule has 1 amide bonds. The lowest BCUT2D eigenvalue weighted by atomic mass is 9.86. The quantitative estimate of drug-likeness (QED) is 0.490. The summed E-state index contributed by atoms with van der Waals surface area (Å²) < 4.78 is 41.7. The van der Waals surface area contributed by atoms with Gasteiger partial charge in [0.2, 0.25) is 0 Å². The summed E-state index contributed by atoms with van der Waals surface area (Å²) in [5.41, 5.74) is -2.03. The van der Waals surface area contributed by atoms with Gasteiger partial charge in [0, 0.05) is 28.2 Å². The van der Waals surface area contributed by atoms with Gasteiger partial charge in [0.25, 0.3) is 5.91 Å². The lowest BCUT2D eigenvalue weighted by Gasteiger charge is -2.23. The van der Waals surface area contributed by atoms with Gasteiger partial charge in [-0.05, 0) is 17.7 Å². The highest BCUT2D eigenvalue weighted by atomic mass is 19.4. The van der Waals surface area contributed by atoms with Crippen molar-refractivity contribution in [2.45, 2.75) is 18.3 Å². The van der Waals surface area contributed by atoms with E-state index in [1.807, 2.05) is 0 Å². The van der Waals surface area contributed by atoms with E-state index in [0.717, 1.165) is 11.0 Å². The number of carbonyl (C=O) groups excluding carboxylic acids is 1. The van der Waals surface area contributed by atoms with Crippen molar-refractivity contribution in [3.05, 3.63) is 101 Å². The van der Waals surface area contributed by atoms with Crippen LogP contribution in [0.4, 0.5) is 18.9 Å². The van der Waals surface area contributed by atoms with E-state index in [1.54, 1.807) is 54.6 Å². The number of aliphatic hydroxyl groups is 1. The molecule has 0 saturated heterocycles. The highest BCUT2D eigenvalue weighted by Gasteiger charge is 2.55. The van der Waals surface area contributed by atoms with Gasteiger partial charge in [0.1, 0.15) is 0 Å². The Hall–Kier alpha value is -3.58. The maximum absolute atomic E-state index is 13.9. The van der Waals surface area contributed by atoms with Gasteiger partial charge in [-0.1, -0.05) is 60.7 Å². The third kappa shape index (κ3) is 2.84. The number of rotatable bonds is 3. The summed E-state index contributed by atoms with van der Waals surface area (Å²) in [5, 5.41) is 12.3. The van der Waals surface area contributed by atoms with E-state index in [1.165, 1.54) is 18.3 Å². The molecule has 1 aliphatic heterocycles. The zero-order valence-corrected chi connectivity index (χ0v) is 16.1. The van der Waals surface area contributed by atoms with E-state index in [0.29, 0.717) is 16.5 Å². The SMILES string of the molecule is O=C1N(Cc2ccccc2)c2c(C(F)(F)F)cccc2[C@@]1(O)c1c[nH]c2ccccc12. The number of halogens is 3. The molecular formula is C24H17F3N2O2. The van der Waals surface area contributed by atoms with Gasteiger partial charge in [-0.15, -0.1) is 0 Å². The molecule has 31 heavy (non-hydrogen) atoms. The normalized spacial score (nSPS) is 18.6. The summed E-state index contributed by atoms with van der Waals surface area (Å²) >= 11 is 0. The number of para-hydroxylation sites is 2. The van der Waals surface area contributed by atoms with Crippen molar-refractivity contribution < 1.29 is 23.1 Å². The van der Waals surface area contributed by atoms with Crippen LogP contribution in [0.5, 0.6) is 0 Å². The van der Waals surface area contributed by atoms with E-state index >= 15 is 0 Å². The molecule has 0 aliphatic carbocycles. The minimum Gasteiger partial charge on any atom is -0.372 e. The maximum Gasteiger partial charge on any atom is 0.418 e. The van der Waals surface area contributed by atoms with Crippen LogP contribution < -0.4 is 4.90 Å². The summed E-state index contributed by atoms with van der Waals surface area (Å²) in [6.45, 7) is -0.0928. The van der Waals surface area contributed by atoms with Crippen molar-refractivity contribution >= 4 is 22.5 Å². The molecule has 0 spiro atoms. The number of hydrogen-bond donors (Lipinski definition) is 2. The minimum atomic E-state index is -4.69. The van der Waals surface area contributed by atoms with Crippen LogP contribution in [-0.4, -0.2) is 16.0 Å². The van der Waals surface area contributed by atoms with Crippen molar-refractivity contribution in [2.24, 2.45) is 0 Å². The first-order valence-corrected chi connectivity index (χ1v) is 9.67. The molecule has 2 heterocycles. The number of nitrogens with zero attached hydrogens (tertiary/aromatic N) is 1. The van der Waals surface area contributed by atoms with Gasteiger partial charge in [-0.3, -0.25) is 4.79 Å². The topological polar surface area (TPSA) is 56.3 Å². The summed E-state index contributed by atoms with van der Waals surface area (Å²) in [4.78, 5) is 17.6. The molecule has 1 aliphatic rings. The van der Waals surface area contributed by atoms with Crippen LogP contribution in [0.3, 0.4) is 0 Å². The minimum absolute atomic E-state index is 0.0759.